The molecule has 0 bridgehead atoms. The SMILES string of the molecule is CN=C(NCc1nc(C)c(C)o1)NCc1c(C)c(C)c(C)c(C)c1C.I. The average molecular weight is 470 g/mol. The van der Waals surface area contributed by atoms with Crippen LogP contribution in [0.15, 0.2) is 9.41 Å². The highest BCUT2D eigenvalue weighted by Crippen LogP contribution is 2.25. The summed E-state index contributed by atoms with van der Waals surface area (Å²) < 4.78 is 5.60. The van der Waals surface area contributed by atoms with Crippen LogP contribution >= 0.6 is 24.0 Å². The molecule has 144 valence electrons. The second kappa shape index (κ2) is 9.39. The van der Waals surface area contributed by atoms with Crippen molar-refractivity contribution in [2.24, 2.45) is 4.99 Å². The molecule has 0 aliphatic heterocycles. The molecule has 5 nitrogen and oxygen atoms in total. The smallest absolute Gasteiger partial charge is 0.214 e. The Kier molecular flexibility index (Phi) is 8.12. The number of oxazole rings is 1. The first-order chi connectivity index (χ1) is 11.8. The van der Waals surface area contributed by atoms with Crippen LogP contribution in [0.1, 0.15) is 50.7 Å². The number of benzene rings is 1. The highest BCUT2D eigenvalue weighted by molar-refractivity contribution is 14.0. The molecule has 26 heavy (non-hydrogen) atoms. The summed E-state index contributed by atoms with van der Waals surface area (Å²) in [5.74, 6) is 2.27. The summed E-state index contributed by atoms with van der Waals surface area (Å²) in [6.45, 7) is 16.1. The van der Waals surface area contributed by atoms with Crippen LogP contribution in [0.5, 0.6) is 0 Å². The van der Waals surface area contributed by atoms with Gasteiger partial charge in [0.1, 0.15) is 5.76 Å². The van der Waals surface area contributed by atoms with E-state index >= 15 is 0 Å². The Morgan fingerprint density at radius 1 is 0.846 bits per heavy atom. The minimum absolute atomic E-state index is 0. The van der Waals surface area contributed by atoms with Crippen molar-refractivity contribution in [1.29, 1.82) is 0 Å². The van der Waals surface area contributed by atoms with Gasteiger partial charge < -0.3 is 15.1 Å². The van der Waals surface area contributed by atoms with E-state index in [0.717, 1.165) is 24.0 Å². The van der Waals surface area contributed by atoms with Gasteiger partial charge in [-0.05, 0) is 81.8 Å². The second-order valence-electron chi connectivity index (χ2n) is 6.63. The monoisotopic (exact) mass is 470 g/mol. The van der Waals surface area contributed by atoms with Crippen molar-refractivity contribution < 1.29 is 4.42 Å². The van der Waals surface area contributed by atoms with E-state index in [1.54, 1.807) is 7.05 Å². The zero-order valence-corrected chi connectivity index (χ0v) is 19.5. The molecule has 0 saturated heterocycles. The summed E-state index contributed by atoms with van der Waals surface area (Å²) in [4.78, 5) is 8.68. The van der Waals surface area contributed by atoms with E-state index in [2.05, 4.69) is 55.2 Å². The van der Waals surface area contributed by atoms with E-state index in [4.69, 9.17) is 4.42 Å². The van der Waals surface area contributed by atoms with Gasteiger partial charge in [0, 0.05) is 13.6 Å². The zero-order valence-electron chi connectivity index (χ0n) is 17.1. The number of aryl methyl sites for hydroxylation is 2. The Hall–Kier alpha value is -1.57. The molecular weight excluding hydrogens is 439 g/mol. The number of rotatable bonds is 4. The Balaban J connectivity index is 0.00000338. The molecule has 2 N–H and O–H groups in total. The van der Waals surface area contributed by atoms with Gasteiger partial charge >= 0.3 is 0 Å². The lowest BCUT2D eigenvalue weighted by Crippen LogP contribution is -2.36. The molecule has 1 heterocycles. The number of hydrogen-bond acceptors (Lipinski definition) is 3. The van der Waals surface area contributed by atoms with Gasteiger partial charge in [-0.2, -0.15) is 0 Å². The molecule has 1 aromatic heterocycles. The summed E-state index contributed by atoms with van der Waals surface area (Å²) in [7, 11) is 1.77. The predicted octanol–water partition coefficient (Wildman–Crippen LogP) is 4.32. The predicted molar refractivity (Wildman–Crippen MR) is 119 cm³/mol. The van der Waals surface area contributed by atoms with Crippen molar-refractivity contribution in [3.05, 3.63) is 50.7 Å². The standard InChI is InChI=1S/C20H30N4O.HI/c1-11-12(2)14(4)18(15(5)13(11)3)9-22-20(21-8)23-10-19-24-16(6)17(7)25-19;/h9-10H2,1-8H3,(H2,21,22,23);1H. The van der Waals surface area contributed by atoms with E-state index < -0.39 is 0 Å². The lowest BCUT2D eigenvalue weighted by molar-refractivity contribution is 0.463. The Morgan fingerprint density at radius 2 is 1.35 bits per heavy atom. The molecule has 0 aliphatic carbocycles. The lowest BCUT2D eigenvalue weighted by Gasteiger charge is -2.20. The van der Waals surface area contributed by atoms with E-state index in [0.29, 0.717) is 12.4 Å². The highest BCUT2D eigenvalue weighted by Gasteiger charge is 2.13. The summed E-state index contributed by atoms with van der Waals surface area (Å²) >= 11 is 0. The van der Waals surface area contributed by atoms with Gasteiger partial charge in [0.25, 0.3) is 0 Å². The van der Waals surface area contributed by atoms with Crippen molar-refractivity contribution in [3.63, 3.8) is 0 Å². The maximum absolute atomic E-state index is 5.60. The first-order valence-corrected chi connectivity index (χ1v) is 8.69. The van der Waals surface area contributed by atoms with Crippen LogP contribution in [-0.4, -0.2) is 18.0 Å². The van der Waals surface area contributed by atoms with Crippen molar-refractivity contribution in [2.75, 3.05) is 7.05 Å². The fourth-order valence-electron chi connectivity index (χ4n) is 3.01. The summed E-state index contributed by atoms with van der Waals surface area (Å²) in [6.07, 6.45) is 0. The van der Waals surface area contributed by atoms with Crippen LogP contribution in [0.25, 0.3) is 0 Å². The van der Waals surface area contributed by atoms with Gasteiger partial charge in [0.05, 0.1) is 12.2 Å². The van der Waals surface area contributed by atoms with Gasteiger partial charge in [0.2, 0.25) is 5.89 Å². The van der Waals surface area contributed by atoms with E-state index in [1.807, 2.05) is 13.8 Å². The third-order valence-electron chi connectivity index (χ3n) is 5.29. The number of aliphatic imine (C=N–C) groups is 1. The topological polar surface area (TPSA) is 62.5 Å². The number of aromatic nitrogens is 1. The van der Waals surface area contributed by atoms with Crippen LogP contribution in [0.4, 0.5) is 0 Å². The molecule has 0 radical (unpaired) electrons. The van der Waals surface area contributed by atoms with Crippen LogP contribution in [0, 0.1) is 48.5 Å². The summed E-state index contributed by atoms with van der Waals surface area (Å²) in [6, 6.07) is 0. The first kappa shape index (κ1) is 22.5. The maximum atomic E-state index is 5.60. The normalized spacial score (nSPS) is 11.3. The third kappa shape index (κ3) is 4.78. The number of halogens is 1. The van der Waals surface area contributed by atoms with Gasteiger partial charge in [-0.1, -0.05) is 0 Å². The molecule has 0 saturated carbocycles. The molecule has 2 aromatic rings. The minimum atomic E-state index is 0. The van der Waals surface area contributed by atoms with E-state index in [1.165, 1.54) is 33.4 Å². The van der Waals surface area contributed by atoms with Gasteiger partial charge in [0.15, 0.2) is 5.96 Å². The van der Waals surface area contributed by atoms with Gasteiger partial charge in [-0.25, -0.2) is 4.98 Å². The number of hydrogen-bond donors (Lipinski definition) is 2. The molecule has 0 aliphatic rings. The first-order valence-electron chi connectivity index (χ1n) is 8.69. The zero-order chi connectivity index (χ0) is 18.7. The fourth-order valence-corrected chi connectivity index (χ4v) is 3.01. The van der Waals surface area contributed by atoms with Gasteiger partial charge in [-0.3, -0.25) is 4.99 Å². The molecule has 0 amide bonds. The molecule has 0 unspecified atom stereocenters. The third-order valence-corrected chi connectivity index (χ3v) is 5.29. The average Bonchev–Trinajstić information content (AvgIpc) is 2.91. The largest absolute Gasteiger partial charge is 0.444 e. The van der Waals surface area contributed by atoms with E-state index in [9.17, 15) is 0 Å². The van der Waals surface area contributed by atoms with Crippen LogP contribution < -0.4 is 10.6 Å². The summed E-state index contributed by atoms with van der Waals surface area (Å²) in [5, 5.41) is 6.66. The number of nitrogens with zero attached hydrogens (tertiary/aromatic N) is 2. The lowest BCUT2D eigenvalue weighted by atomic mass is 9.89. The van der Waals surface area contributed by atoms with Crippen LogP contribution in [-0.2, 0) is 13.1 Å². The number of guanidine groups is 1. The van der Waals surface area contributed by atoms with E-state index in [-0.39, 0.29) is 24.0 Å². The minimum Gasteiger partial charge on any atom is -0.444 e. The molecule has 0 fully saturated rings. The second-order valence-corrected chi connectivity index (χ2v) is 6.63. The molecule has 1 aromatic carbocycles. The molecule has 2 rings (SSSR count). The molecule has 0 spiro atoms. The molecular formula is C20H31IN4O. The number of nitrogens with one attached hydrogen (secondary N) is 2. The van der Waals surface area contributed by atoms with Gasteiger partial charge in [-0.15, -0.1) is 24.0 Å². The molecule has 6 heteroatoms. The maximum Gasteiger partial charge on any atom is 0.214 e. The van der Waals surface area contributed by atoms with Crippen molar-refractivity contribution in [2.45, 2.75) is 61.6 Å². The Morgan fingerprint density at radius 3 is 1.81 bits per heavy atom. The summed E-state index contributed by atoms with van der Waals surface area (Å²) in [5.41, 5.74) is 9.09. The molecule has 0 atom stereocenters. The highest BCUT2D eigenvalue weighted by atomic mass is 127. The van der Waals surface area contributed by atoms with Crippen LogP contribution in [0.3, 0.4) is 0 Å². The van der Waals surface area contributed by atoms with Crippen molar-refractivity contribution in [3.8, 4) is 0 Å². The van der Waals surface area contributed by atoms with Crippen molar-refractivity contribution in [1.82, 2.24) is 15.6 Å². The fraction of sp³-hybridized carbons (Fsp3) is 0.500. The Bertz CT molecular complexity index is 760. The van der Waals surface area contributed by atoms with Crippen LogP contribution in [0.2, 0.25) is 0 Å². The quantitative estimate of drug-likeness (QED) is 0.397. The van der Waals surface area contributed by atoms with Crippen molar-refractivity contribution >= 4 is 29.9 Å². The Labute approximate surface area is 174 Å².